The van der Waals surface area contributed by atoms with Crippen molar-refractivity contribution in [3.05, 3.63) is 60.6 Å². The number of aryl methyl sites for hydroxylation is 1. The lowest BCUT2D eigenvalue weighted by molar-refractivity contribution is 0.0992. The van der Waals surface area contributed by atoms with E-state index in [9.17, 15) is 4.79 Å². The average molecular weight is 358 g/mol. The van der Waals surface area contributed by atoms with E-state index in [2.05, 4.69) is 15.1 Å². The molecule has 7 nitrogen and oxygen atoms in total. The summed E-state index contributed by atoms with van der Waals surface area (Å²) in [6.45, 7) is 0. The van der Waals surface area contributed by atoms with Gasteiger partial charge in [0.15, 0.2) is 5.78 Å². The van der Waals surface area contributed by atoms with Gasteiger partial charge in [0.05, 0.1) is 59.3 Å². The lowest BCUT2D eigenvalue weighted by Gasteiger charge is -2.05. The van der Waals surface area contributed by atoms with E-state index in [0.29, 0.717) is 17.3 Å². The Bertz CT molecular complexity index is 1150. The van der Waals surface area contributed by atoms with Crippen molar-refractivity contribution < 1.29 is 4.79 Å². The predicted octanol–water partition coefficient (Wildman–Crippen LogP) is 2.99. The normalized spacial score (nSPS) is 14.0. The van der Waals surface area contributed by atoms with Crippen LogP contribution in [0.2, 0.25) is 0 Å². The van der Waals surface area contributed by atoms with Crippen LogP contribution in [0.4, 0.5) is 0 Å². The van der Waals surface area contributed by atoms with Crippen molar-refractivity contribution in [1.82, 2.24) is 29.3 Å². The Morgan fingerprint density at radius 3 is 2.89 bits per heavy atom. The number of Topliss-reactive ketones (excluding diaryl/α,β-unsaturated/α-hetero) is 1. The molecule has 0 amide bonds. The molecule has 1 aliphatic carbocycles. The van der Waals surface area contributed by atoms with E-state index in [0.717, 1.165) is 35.1 Å². The zero-order valence-electron chi connectivity index (χ0n) is 14.9. The number of ketones is 1. The Hall–Kier alpha value is -3.35. The molecule has 0 unspecified atom stereocenters. The van der Waals surface area contributed by atoms with E-state index < -0.39 is 0 Å². The summed E-state index contributed by atoms with van der Waals surface area (Å²) in [5.74, 6) is 0.0246. The van der Waals surface area contributed by atoms with Gasteiger partial charge in [-0.05, 0) is 31.0 Å². The molecule has 0 saturated heterocycles. The molecule has 5 rings (SSSR count). The Morgan fingerprint density at radius 1 is 1.22 bits per heavy atom. The first-order valence-electron chi connectivity index (χ1n) is 8.97. The molecule has 7 heteroatoms. The number of hydrogen-bond acceptors (Lipinski definition) is 5. The van der Waals surface area contributed by atoms with Crippen LogP contribution >= 0.6 is 0 Å². The summed E-state index contributed by atoms with van der Waals surface area (Å²) in [5.41, 5.74) is 3.96. The molecular formula is C20H18N6O. The maximum absolute atomic E-state index is 12.6. The van der Waals surface area contributed by atoms with Crippen LogP contribution in [0.1, 0.15) is 34.9 Å². The second-order valence-corrected chi connectivity index (χ2v) is 6.99. The van der Waals surface area contributed by atoms with E-state index in [1.807, 2.05) is 40.7 Å². The van der Waals surface area contributed by atoms with Gasteiger partial charge in [0.1, 0.15) is 0 Å². The maximum atomic E-state index is 12.6. The number of hydrogen-bond donors (Lipinski definition) is 0. The summed E-state index contributed by atoms with van der Waals surface area (Å²) in [4.78, 5) is 25.9. The Balaban J connectivity index is 1.42. The third-order valence-corrected chi connectivity index (χ3v) is 4.90. The first-order chi connectivity index (χ1) is 13.2. The number of imidazole rings is 1. The monoisotopic (exact) mass is 358 g/mol. The summed E-state index contributed by atoms with van der Waals surface area (Å²) < 4.78 is 3.82. The fraction of sp³-hybridized carbons (Fsp3) is 0.250. The van der Waals surface area contributed by atoms with Crippen molar-refractivity contribution >= 4 is 16.7 Å². The molecule has 0 aromatic carbocycles. The Kier molecular flexibility index (Phi) is 3.60. The molecule has 1 saturated carbocycles. The molecule has 0 atom stereocenters. The topological polar surface area (TPSA) is 78.5 Å². The van der Waals surface area contributed by atoms with Crippen LogP contribution in [0.3, 0.4) is 0 Å². The van der Waals surface area contributed by atoms with Crippen LogP contribution < -0.4 is 0 Å². The van der Waals surface area contributed by atoms with Crippen LogP contribution in [0.15, 0.2) is 49.3 Å². The highest BCUT2D eigenvalue weighted by Crippen LogP contribution is 2.34. The van der Waals surface area contributed by atoms with Crippen LogP contribution in [0.25, 0.3) is 22.3 Å². The van der Waals surface area contributed by atoms with E-state index in [1.54, 1.807) is 24.9 Å². The molecular weight excluding hydrogens is 340 g/mol. The lowest BCUT2D eigenvalue weighted by atomic mass is 10.1. The van der Waals surface area contributed by atoms with Gasteiger partial charge in [-0.1, -0.05) is 0 Å². The highest BCUT2D eigenvalue weighted by atomic mass is 16.1. The van der Waals surface area contributed by atoms with Crippen LogP contribution in [0, 0.1) is 0 Å². The fourth-order valence-electron chi connectivity index (χ4n) is 3.19. The van der Waals surface area contributed by atoms with Crippen molar-refractivity contribution in [3.63, 3.8) is 0 Å². The number of rotatable bonds is 5. The summed E-state index contributed by atoms with van der Waals surface area (Å²) in [6.07, 6.45) is 11.3. The first-order valence-corrected chi connectivity index (χ1v) is 8.97. The van der Waals surface area contributed by atoms with Crippen LogP contribution in [-0.2, 0) is 13.5 Å². The fourth-order valence-corrected chi connectivity index (χ4v) is 3.19. The van der Waals surface area contributed by atoms with Crippen molar-refractivity contribution in [3.8, 4) is 11.4 Å². The molecule has 4 heterocycles. The molecule has 4 aromatic rings. The summed E-state index contributed by atoms with van der Waals surface area (Å²) >= 11 is 0. The molecule has 0 N–H and O–H groups in total. The van der Waals surface area contributed by atoms with Crippen molar-refractivity contribution in [1.29, 1.82) is 0 Å². The largest absolute Gasteiger partial charge is 0.332 e. The predicted molar refractivity (Wildman–Crippen MR) is 100 cm³/mol. The molecule has 1 fully saturated rings. The van der Waals surface area contributed by atoms with Gasteiger partial charge in [-0.2, -0.15) is 5.10 Å². The standard InChI is InChI=1S/C20H18N6O/c1-25-12-21-10-19(25)17-5-2-13-8-22-15(6-18(13)24-17)7-20(27)14-9-23-26(11-14)16-3-4-16/h2,5-6,8-12,16H,3-4,7H2,1H3. The van der Waals surface area contributed by atoms with Gasteiger partial charge in [0, 0.05) is 24.8 Å². The Labute approximate surface area is 155 Å². The van der Waals surface area contributed by atoms with Gasteiger partial charge in [-0.15, -0.1) is 0 Å². The highest BCUT2D eigenvalue weighted by molar-refractivity contribution is 5.97. The quantitative estimate of drug-likeness (QED) is 0.513. The minimum atomic E-state index is 0.0246. The van der Waals surface area contributed by atoms with Gasteiger partial charge in [0.25, 0.3) is 0 Å². The van der Waals surface area contributed by atoms with Gasteiger partial charge in [0.2, 0.25) is 0 Å². The molecule has 1 aliphatic rings. The molecule has 0 aliphatic heterocycles. The van der Waals surface area contributed by atoms with E-state index in [4.69, 9.17) is 4.98 Å². The van der Waals surface area contributed by atoms with E-state index >= 15 is 0 Å². The number of pyridine rings is 2. The first kappa shape index (κ1) is 15.9. The van der Waals surface area contributed by atoms with Gasteiger partial charge in [-0.3, -0.25) is 14.5 Å². The molecule has 0 bridgehead atoms. The smallest absolute Gasteiger partial charge is 0.171 e. The summed E-state index contributed by atoms with van der Waals surface area (Å²) in [7, 11) is 1.94. The molecule has 0 spiro atoms. The summed E-state index contributed by atoms with van der Waals surface area (Å²) in [5, 5.41) is 5.24. The lowest BCUT2D eigenvalue weighted by Crippen LogP contribution is -2.04. The van der Waals surface area contributed by atoms with Crippen molar-refractivity contribution in [2.75, 3.05) is 0 Å². The highest BCUT2D eigenvalue weighted by Gasteiger charge is 2.25. The second kappa shape index (κ2) is 6.12. The van der Waals surface area contributed by atoms with E-state index in [-0.39, 0.29) is 12.2 Å². The number of aromatic nitrogens is 6. The van der Waals surface area contributed by atoms with Gasteiger partial charge < -0.3 is 4.57 Å². The zero-order chi connectivity index (χ0) is 18.4. The third-order valence-electron chi connectivity index (χ3n) is 4.90. The van der Waals surface area contributed by atoms with Crippen molar-refractivity contribution in [2.24, 2.45) is 7.05 Å². The minimum Gasteiger partial charge on any atom is -0.332 e. The van der Waals surface area contributed by atoms with E-state index in [1.165, 1.54) is 0 Å². The molecule has 27 heavy (non-hydrogen) atoms. The Morgan fingerprint density at radius 2 is 2.11 bits per heavy atom. The van der Waals surface area contributed by atoms with Crippen LogP contribution in [0.5, 0.6) is 0 Å². The molecule has 134 valence electrons. The second-order valence-electron chi connectivity index (χ2n) is 6.99. The third kappa shape index (κ3) is 3.01. The maximum Gasteiger partial charge on any atom is 0.171 e. The summed E-state index contributed by atoms with van der Waals surface area (Å²) in [6, 6.07) is 6.31. The SMILES string of the molecule is Cn1cncc1-c1ccc2cnc(CC(=O)c3cnn(C4CC4)c3)cc2n1. The van der Waals surface area contributed by atoms with Gasteiger partial charge in [-0.25, -0.2) is 9.97 Å². The van der Waals surface area contributed by atoms with Crippen LogP contribution in [-0.4, -0.2) is 35.1 Å². The van der Waals surface area contributed by atoms with Crippen molar-refractivity contribution in [2.45, 2.75) is 25.3 Å². The molecule has 4 aromatic heterocycles. The average Bonchev–Trinajstić information content (AvgIpc) is 3.24. The number of fused-ring (bicyclic) bond motifs is 1. The number of nitrogens with zero attached hydrogens (tertiary/aromatic N) is 6. The molecule has 0 radical (unpaired) electrons. The number of carbonyl (C=O) groups excluding carboxylic acids is 1. The minimum absolute atomic E-state index is 0.0246. The zero-order valence-corrected chi connectivity index (χ0v) is 14.9. The number of carbonyl (C=O) groups is 1. The van der Waals surface area contributed by atoms with Gasteiger partial charge >= 0.3 is 0 Å².